The molecule has 0 aromatic heterocycles. The third kappa shape index (κ3) is 2.11. The number of rotatable bonds is 2. The van der Waals surface area contributed by atoms with Crippen molar-refractivity contribution in [3.05, 3.63) is 35.9 Å². The van der Waals surface area contributed by atoms with Crippen LogP contribution in [0.25, 0.3) is 0 Å². The fourth-order valence-electron chi connectivity index (χ4n) is 0.665. The highest BCUT2D eigenvalue weighted by molar-refractivity contribution is 8.69. The number of thiol groups is 1. The summed E-state index contributed by atoms with van der Waals surface area (Å²) in [4.78, 5) is 0. The highest BCUT2D eigenvalue weighted by atomic mass is 35.5. The minimum absolute atomic E-state index is 0.0375. The lowest BCUT2D eigenvalue weighted by atomic mass is 10.2. The van der Waals surface area contributed by atoms with E-state index in [4.69, 9.17) is 11.6 Å². The molecule has 0 amide bonds. The van der Waals surface area contributed by atoms with E-state index >= 15 is 0 Å². The molecule has 1 atom stereocenters. The lowest BCUT2D eigenvalue weighted by molar-refractivity contribution is 1.38. The van der Waals surface area contributed by atoms with Gasteiger partial charge >= 0.3 is 0 Å². The third-order valence-corrected chi connectivity index (χ3v) is 3.14. The van der Waals surface area contributed by atoms with Crippen LogP contribution in [0.1, 0.15) is 10.3 Å². The summed E-state index contributed by atoms with van der Waals surface area (Å²) in [6, 6.07) is 9.88. The highest BCUT2D eigenvalue weighted by Crippen LogP contribution is 2.34. The van der Waals surface area contributed by atoms with E-state index in [0.717, 1.165) is 5.56 Å². The molecule has 10 heavy (non-hydrogen) atoms. The first-order valence-corrected chi connectivity index (χ1v) is 5.20. The maximum atomic E-state index is 5.88. The zero-order valence-electron chi connectivity index (χ0n) is 5.20. The number of hydrogen-bond acceptors (Lipinski definition) is 2. The molecular weight excluding hydrogens is 184 g/mol. The lowest BCUT2D eigenvalue weighted by Crippen LogP contribution is -1.79. The second-order valence-electron chi connectivity index (χ2n) is 1.83. The predicted octanol–water partition coefficient (Wildman–Crippen LogP) is 3.50. The third-order valence-electron chi connectivity index (χ3n) is 1.15. The molecule has 0 aliphatic heterocycles. The molecule has 0 spiro atoms. The Morgan fingerprint density at radius 1 is 1.30 bits per heavy atom. The summed E-state index contributed by atoms with van der Waals surface area (Å²) < 4.78 is -0.0375. The lowest BCUT2D eigenvalue weighted by Gasteiger charge is -2.02. The van der Waals surface area contributed by atoms with Crippen molar-refractivity contribution in [1.29, 1.82) is 0 Å². The van der Waals surface area contributed by atoms with Gasteiger partial charge in [-0.2, -0.15) is 0 Å². The quantitative estimate of drug-likeness (QED) is 0.423. The Bertz CT molecular complexity index is 188. The molecule has 0 aliphatic rings. The second kappa shape index (κ2) is 4.16. The minimum Gasteiger partial charge on any atom is -0.109 e. The van der Waals surface area contributed by atoms with Crippen LogP contribution in [-0.2, 0) is 0 Å². The Labute approximate surface area is 74.8 Å². The topological polar surface area (TPSA) is 0 Å². The van der Waals surface area contributed by atoms with Crippen LogP contribution < -0.4 is 0 Å². The van der Waals surface area contributed by atoms with Gasteiger partial charge in [-0.1, -0.05) is 41.1 Å². The molecular formula is C7H7ClS2. The fourth-order valence-corrected chi connectivity index (χ4v) is 1.45. The fraction of sp³-hybridized carbons (Fsp3) is 0.143. The largest absolute Gasteiger partial charge is 0.114 e. The van der Waals surface area contributed by atoms with Crippen molar-refractivity contribution in [2.45, 2.75) is 4.71 Å². The van der Waals surface area contributed by atoms with Gasteiger partial charge in [-0.25, -0.2) is 0 Å². The van der Waals surface area contributed by atoms with Crippen LogP contribution in [0.3, 0.4) is 0 Å². The minimum atomic E-state index is -0.0375. The molecule has 0 radical (unpaired) electrons. The van der Waals surface area contributed by atoms with Gasteiger partial charge in [-0.15, -0.1) is 23.3 Å². The van der Waals surface area contributed by atoms with Crippen LogP contribution in [0.15, 0.2) is 30.3 Å². The van der Waals surface area contributed by atoms with Gasteiger partial charge in [0.2, 0.25) is 0 Å². The molecule has 0 saturated carbocycles. The van der Waals surface area contributed by atoms with Crippen LogP contribution in [-0.4, -0.2) is 0 Å². The molecule has 0 saturated heterocycles. The van der Waals surface area contributed by atoms with Crippen molar-refractivity contribution in [2.75, 3.05) is 0 Å². The molecule has 54 valence electrons. The van der Waals surface area contributed by atoms with Gasteiger partial charge in [-0.05, 0) is 5.56 Å². The summed E-state index contributed by atoms with van der Waals surface area (Å²) >= 11 is 9.89. The van der Waals surface area contributed by atoms with Crippen LogP contribution in [0, 0.1) is 0 Å². The van der Waals surface area contributed by atoms with Crippen molar-refractivity contribution in [3.63, 3.8) is 0 Å². The Morgan fingerprint density at radius 3 is 2.40 bits per heavy atom. The SMILES string of the molecule is SSC(Cl)c1ccccc1. The second-order valence-corrected chi connectivity index (χ2v) is 3.84. The average Bonchev–Trinajstić information content (AvgIpc) is 2.05. The van der Waals surface area contributed by atoms with E-state index in [9.17, 15) is 0 Å². The first-order chi connectivity index (χ1) is 4.84. The van der Waals surface area contributed by atoms with Crippen LogP contribution in [0.5, 0.6) is 0 Å². The van der Waals surface area contributed by atoms with Crippen LogP contribution >= 0.6 is 34.1 Å². The molecule has 0 bridgehead atoms. The summed E-state index contributed by atoms with van der Waals surface area (Å²) in [5.41, 5.74) is 1.10. The highest BCUT2D eigenvalue weighted by Gasteiger charge is 2.03. The number of alkyl halides is 1. The monoisotopic (exact) mass is 190 g/mol. The van der Waals surface area contributed by atoms with Crippen molar-refractivity contribution < 1.29 is 0 Å². The van der Waals surface area contributed by atoms with Crippen LogP contribution in [0.2, 0.25) is 0 Å². The Kier molecular flexibility index (Phi) is 3.46. The van der Waals surface area contributed by atoms with Gasteiger partial charge < -0.3 is 0 Å². The summed E-state index contributed by atoms with van der Waals surface area (Å²) in [6.07, 6.45) is 0. The molecule has 1 unspecified atom stereocenters. The summed E-state index contributed by atoms with van der Waals surface area (Å²) in [5.74, 6) is 0. The van der Waals surface area contributed by atoms with E-state index in [1.54, 1.807) is 0 Å². The molecule has 0 heterocycles. The van der Waals surface area contributed by atoms with Gasteiger partial charge in [0, 0.05) is 0 Å². The zero-order valence-corrected chi connectivity index (χ0v) is 7.66. The first kappa shape index (κ1) is 8.31. The molecule has 0 fully saturated rings. The summed E-state index contributed by atoms with van der Waals surface area (Å²) in [7, 11) is 1.34. The van der Waals surface area contributed by atoms with Crippen molar-refractivity contribution in [1.82, 2.24) is 0 Å². The van der Waals surface area contributed by atoms with Gasteiger partial charge in [0.25, 0.3) is 0 Å². The molecule has 0 aliphatic carbocycles. The van der Waals surface area contributed by atoms with Crippen molar-refractivity contribution in [2.24, 2.45) is 0 Å². The number of benzene rings is 1. The summed E-state index contributed by atoms with van der Waals surface area (Å²) in [5, 5.41) is 0. The standard InChI is InChI=1S/C7H7ClS2/c8-7(10-9)6-4-2-1-3-5-6/h1-5,7,9H. The van der Waals surface area contributed by atoms with E-state index in [-0.39, 0.29) is 4.71 Å². The van der Waals surface area contributed by atoms with Gasteiger partial charge in [0.05, 0.1) is 0 Å². The van der Waals surface area contributed by atoms with E-state index in [1.807, 2.05) is 30.3 Å². The Hall–Kier alpha value is 0.210. The molecule has 0 N–H and O–H groups in total. The average molecular weight is 191 g/mol. The zero-order chi connectivity index (χ0) is 7.40. The smallest absolute Gasteiger partial charge is 0.109 e. The number of hydrogen-bond donors (Lipinski definition) is 1. The van der Waals surface area contributed by atoms with E-state index in [0.29, 0.717) is 0 Å². The van der Waals surface area contributed by atoms with E-state index in [2.05, 4.69) is 11.7 Å². The Balaban J connectivity index is 2.75. The maximum Gasteiger partial charge on any atom is 0.114 e. The van der Waals surface area contributed by atoms with Crippen molar-refractivity contribution >= 4 is 34.1 Å². The molecule has 0 nitrogen and oxygen atoms in total. The van der Waals surface area contributed by atoms with E-state index in [1.165, 1.54) is 10.8 Å². The van der Waals surface area contributed by atoms with Gasteiger partial charge in [0.15, 0.2) is 0 Å². The van der Waals surface area contributed by atoms with Gasteiger partial charge in [0.1, 0.15) is 4.71 Å². The van der Waals surface area contributed by atoms with Crippen molar-refractivity contribution in [3.8, 4) is 0 Å². The van der Waals surface area contributed by atoms with E-state index < -0.39 is 0 Å². The normalized spacial score (nSPS) is 13.0. The summed E-state index contributed by atoms with van der Waals surface area (Å²) in [6.45, 7) is 0. The maximum absolute atomic E-state index is 5.88. The first-order valence-electron chi connectivity index (χ1n) is 2.84. The predicted molar refractivity (Wildman–Crippen MR) is 51.6 cm³/mol. The Morgan fingerprint density at radius 2 is 1.90 bits per heavy atom. The van der Waals surface area contributed by atoms with Gasteiger partial charge in [-0.3, -0.25) is 0 Å². The molecule has 1 rings (SSSR count). The van der Waals surface area contributed by atoms with Crippen LogP contribution in [0.4, 0.5) is 0 Å². The molecule has 1 aromatic carbocycles. The molecule has 3 heteroatoms. The number of halogens is 1. The molecule has 1 aromatic rings.